The average molecular weight is 751 g/mol. The van der Waals surface area contributed by atoms with E-state index in [4.69, 9.17) is 23.7 Å². The maximum absolute atomic E-state index is 14.4. The molecule has 0 aromatic carbocycles. The highest BCUT2D eigenvalue weighted by atomic mass is 16.8. The molecule has 18 atom stereocenters. The molecule has 4 saturated heterocycles. The molecule has 11 nitrogen and oxygen atoms in total. The maximum Gasteiger partial charge on any atom is 0.309 e. The van der Waals surface area contributed by atoms with E-state index in [2.05, 4.69) is 20.8 Å². The molecule has 0 bridgehead atoms. The first-order chi connectivity index (χ1) is 24.8. The number of ketones is 1. The Balaban J connectivity index is 1.31. The van der Waals surface area contributed by atoms with Gasteiger partial charge in [0, 0.05) is 30.1 Å². The van der Waals surface area contributed by atoms with Crippen molar-refractivity contribution in [3.63, 3.8) is 0 Å². The van der Waals surface area contributed by atoms with Crippen molar-refractivity contribution in [2.75, 3.05) is 0 Å². The second-order valence-corrected chi connectivity index (χ2v) is 17.9. The number of carbonyl (C=O) groups is 2. The van der Waals surface area contributed by atoms with Gasteiger partial charge < -0.3 is 44.1 Å². The number of Topliss-reactive ketones (excluding diaryl/α,β-unsaturated/α-hetero) is 1. The number of aliphatic carboxylic acids is 1. The monoisotopic (exact) mass is 750 g/mol. The topological polar surface area (TPSA) is 161 Å². The molecular formula is C42H70O11. The highest BCUT2D eigenvalue weighted by molar-refractivity contribution is 5.84. The number of hydrogen-bond acceptors (Lipinski definition) is 10. The second-order valence-electron chi connectivity index (χ2n) is 17.9. The van der Waals surface area contributed by atoms with Crippen molar-refractivity contribution in [3.05, 3.63) is 12.2 Å². The Morgan fingerprint density at radius 3 is 2.17 bits per heavy atom. The van der Waals surface area contributed by atoms with Gasteiger partial charge in [-0.25, -0.2) is 0 Å². The van der Waals surface area contributed by atoms with E-state index < -0.39 is 76.8 Å². The molecule has 4 N–H and O–H groups in total. The molecule has 53 heavy (non-hydrogen) atoms. The Labute approximate surface area is 317 Å². The van der Waals surface area contributed by atoms with E-state index >= 15 is 0 Å². The predicted molar refractivity (Wildman–Crippen MR) is 199 cm³/mol. The number of ether oxygens (including phenoxy) is 5. The minimum Gasteiger partial charge on any atom is -0.481 e. The predicted octanol–water partition coefficient (Wildman–Crippen LogP) is 6.19. The Morgan fingerprint density at radius 1 is 0.887 bits per heavy atom. The number of hydrogen-bond donors (Lipinski definition) is 4. The van der Waals surface area contributed by atoms with Crippen LogP contribution in [0.1, 0.15) is 133 Å². The van der Waals surface area contributed by atoms with E-state index in [0.29, 0.717) is 57.8 Å². The molecule has 304 valence electrons. The van der Waals surface area contributed by atoms with Gasteiger partial charge in [0.2, 0.25) is 5.79 Å². The molecular weight excluding hydrogens is 680 g/mol. The summed E-state index contributed by atoms with van der Waals surface area (Å²) in [6.07, 6.45) is 5.51. The van der Waals surface area contributed by atoms with Gasteiger partial charge in [0.15, 0.2) is 5.79 Å². The van der Waals surface area contributed by atoms with Crippen LogP contribution in [0.5, 0.6) is 0 Å². The maximum atomic E-state index is 14.4. The van der Waals surface area contributed by atoms with E-state index in [0.717, 1.165) is 6.42 Å². The molecule has 5 aliphatic heterocycles. The Hall–Kier alpha value is -1.44. The van der Waals surface area contributed by atoms with Crippen LogP contribution in [0.2, 0.25) is 0 Å². The van der Waals surface area contributed by atoms with Gasteiger partial charge in [-0.05, 0) is 95.6 Å². The van der Waals surface area contributed by atoms with Crippen LogP contribution in [0, 0.1) is 41.4 Å². The largest absolute Gasteiger partial charge is 0.481 e. The summed E-state index contributed by atoms with van der Waals surface area (Å²) in [5, 5.41) is 44.0. The summed E-state index contributed by atoms with van der Waals surface area (Å²) in [6, 6.07) is 0. The molecule has 4 unspecified atom stereocenters. The molecule has 5 rings (SSSR count). The van der Waals surface area contributed by atoms with Crippen molar-refractivity contribution < 1.29 is 53.7 Å². The van der Waals surface area contributed by atoms with Gasteiger partial charge in [-0.3, -0.25) is 9.59 Å². The summed E-state index contributed by atoms with van der Waals surface area (Å²) >= 11 is 0. The molecule has 5 aliphatic rings. The number of aliphatic hydroxyl groups excluding tert-OH is 2. The lowest BCUT2D eigenvalue weighted by Gasteiger charge is -2.54. The van der Waals surface area contributed by atoms with Crippen LogP contribution in [-0.4, -0.2) is 97.7 Å². The highest BCUT2D eigenvalue weighted by Crippen LogP contribution is 2.54. The normalized spacial score (nSPS) is 46.2. The van der Waals surface area contributed by atoms with E-state index in [1.54, 1.807) is 19.1 Å². The van der Waals surface area contributed by atoms with E-state index in [-0.39, 0.29) is 41.8 Å². The van der Waals surface area contributed by atoms with Gasteiger partial charge in [0.05, 0.1) is 53.7 Å². The van der Waals surface area contributed by atoms with Crippen LogP contribution in [0.25, 0.3) is 0 Å². The summed E-state index contributed by atoms with van der Waals surface area (Å²) in [4.78, 5) is 26.4. The zero-order valence-electron chi connectivity index (χ0n) is 34.0. The Bertz CT molecular complexity index is 1320. The van der Waals surface area contributed by atoms with Crippen molar-refractivity contribution in [2.24, 2.45) is 41.4 Å². The van der Waals surface area contributed by atoms with E-state index in [9.17, 15) is 30.0 Å². The van der Waals surface area contributed by atoms with Gasteiger partial charge in [-0.2, -0.15) is 0 Å². The van der Waals surface area contributed by atoms with Gasteiger partial charge in [-0.15, -0.1) is 0 Å². The molecule has 0 radical (unpaired) electrons. The number of carboxylic acids is 1. The standard InChI is InChI=1S/C42H70O11/c1-11-29(38(46)47)31-15-14-23(4)36(50-31)27(8)34(44)26(7)35(45)30(12-2)37-24(5)22-25(6)41(51-37)19-16-32(43)42(53-41)21-20-39(10,52-42)33-17-18-40(48,13-3)28(9)49-33/h16,19,23-34,36-37,43-44,48H,11-15,17-18,20-22H2,1-10H3,(H,46,47)/t23-,24-,25?,26-,27?,28?,29+,30-,31+,32?,33+,34+,36+,37-,39-,40+,41-,42-/m0/s1. The fourth-order valence-electron chi connectivity index (χ4n) is 10.5. The third-order valence-electron chi connectivity index (χ3n) is 14.4. The van der Waals surface area contributed by atoms with Crippen LogP contribution >= 0.6 is 0 Å². The minimum absolute atomic E-state index is 0.0137. The SMILES string of the molecule is CC[C@@H](C(=O)[C@@H](C)[C@@H](O)C(C)[C@@H]1O[C@@H]([C@@H](CC)C(=O)O)CC[C@@H]1C)[C@H]1O[C@]2(C=CC(O)[C@]3(CC[C@@](C)([C@H]4CC[C@](O)(CC)C(C)O4)O3)O2)C(C)C[C@@H]1C. The molecule has 0 aromatic heterocycles. The van der Waals surface area contributed by atoms with Crippen molar-refractivity contribution >= 4 is 11.8 Å². The van der Waals surface area contributed by atoms with Crippen molar-refractivity contribution in [2.45, 2.75) is 199 Å². The van der Waals surface area contributed by atoms with Crippen LogP contribution in [0.15, 0.2) is 12.2 Å². The molecule has 0 aromatic rings. The first kappa shape index (κ1) is 42.7. The molecule has 0 amide bonds. The lowest BCUT2D eigenvalue weighted by molar-refractivity contribution is -0.409. The van der Waals surface area contributed by atoms with Crippen LogP contribution < -0.4 is 0 Å². The average Bonchev–Trinajstić information content (AvgIpc) is 3.47. The number of rotatable bonds is 12. The number of aliphatic hydroxyl groups is 3. The van der Waals surface area contributed by atoms with Crippen molar-refractivity contribution in [1.82, 2.24) is 0 Å². The van der Waals surface area contributed by atoms with E-state index in [1.165, 1.54) is 0 Å². The third-order valence-corrected chi connectivity index (χ3v) is 14.4. The molecule has 2 spiro atoms. The smallest absolute Gasteiger partial charge is 0.309 e. The highest BCUT2D eigenvalue weighted by Gasteiger charge is 2.63. The fourth-order valence-corrected chi connectivity index (χ4v) is 10.5. The zero-order valence-corrected chi connectivity index (χ0v) is 34.0. The summed E-state index contributed by atoms with van der Waals surface area (Å²) < 4.78 is 33.5. The molecule has 0 saturated carbocycles. The number of carbonyl (C=O) groups excluding carboxylic acids is 1. The van der Waals surface area contributed by atoms with Crippen molar-refractivity contribution in [1.29, 1.82) is 0 Å². The summed E-state index contributed by atoms with van der Waals surface area (Å²) in [5.74, 6) is -5.78. The quantitative estimate of drug-likeness (QED) is 0.169. The summed E-state index contributed by atoms with van der Waals surface area (Å²) in [6.45, 7) is 19.6. The Morgan fingerprint density at radius 2 is 1.57 bits per heavy atom. The van der Waals surface area contributed by atoms with Crippen molar-refractivity contribution in [3.8, 4) is 0 Å². The first-order valence-electron chi connectivity index (χ1n) is 20.7. The van der Waals surface area contributed by atoms with Crippen LogP contribution in [0.3, 0.4) is 0 Å². The molecule has 4 fully saturated rings. The Kier molecular flexibility index (Phi) is 13.0. The van der Waals surface area contributed by atoms with Crippen LogP contribution in [-0.2, 0) is 33.3 Å². The third kappa shape index (κ3) is 7.94. The van der Waals surface area contributed by atoms with Gasteiger partial charge in [-0.1, -0.05) is 55.4 Å². The van der Waals surface area contributed by atoms with Gasteiger partial charge >= 0.3 is 5.97 Å². The minimum atomic E-state index is -1.37. The number of carboxylic acid groups (broad SMARTS) is 1. The lowest BCUT2D eigenvalue weighted by atomic mass is 9.72. The molecule has 11 heteroatoms. The second kappa shape index (κ2) is 16.2. The first-order valence-corrected chi connectivity index (χ1v) is 20.7. The molecule has 5 heterocycles. The molecule has 0 aliphatic carbocycles. The van der Waals surface area contributed by atoms with Gasteiger partial charge in [0.1, 0.15) is 11.9 Å². The van der Waals surface area contributed by atoms with Gasteiger partial charge in [0.25, 0.3) is 0 Å². The fraction of sp³-hybridized carbons (Fsp3) is 0.905. The van der Waals surface area contributed by atoms with Crippen LogP contribution in [0.4, 0.5) is 0 Å². The zero-order chi connectivity index (χ0) is 39.3. The van der Waals surface area contributed by atoms with E-state index in [1.807, 2.05) is 41.5 Å². The lowest BCUT2D eigenvalue weighted by Crippen LogP contribution is -2.63. The summed E-state index contributed by atoms with van der Waals surface area (Å²) in [5.41, 5.74) is -1.63. The summed E-state index contributed by atoms with van der Waals surface area (Å²) in [7, 11) is 0.